The van der Waals surface area contributed by atoms with Crippen LogP contribution < -0.4 is 5.32 Å². The van der Waals surface area contributed by atoms with Gasteiger partial charge in [-0.1, -0.05) is 19.1 Å². The lowest BCUT2D eigenvalue weighted by atomic mass is 10.1. The van der Waals surface area contributed by atoms with Crippen LogP contribution in [-0.2, 0) is 19.1 Å². The molecule has 0 bridgehead atoms. The molecule has 1 aliphatic rings. The van der Waals surface area contributed by atoms with Crippen molar-refractivity contribution in [3.05, 3.63) is 80.3 Å². The summed E-state index contributed by atoms with van der Waals surface area (Å²) in [7, 11) is 0. The third-order valence-electron chi connectivity index (χ3n) is 5.19. The van der Waals surface area contributed by atoms with Crippen LogP contribution in [0.5, 0.6) is 0 Å². The average molecular weight is 500 g/mol. The molecule has 1 N–H and O–H groups in total. The molecule has 1 amide bonds. The lowest BCUT2D eigenvalue weighted by Gasteiger charge is -2.10. The number of aliphatic imine (C=N–C) groups is 2. The number of pyridine rings is 1. The first-order valence-electron chi connectivity index (χ1n) is 10.3. The summed E-state index contributed by atoms with van der Waals surface area (Å²) in [5, 5.41) is 11.6. The largest absolute Gasteiger partial charge is 0.419 e. The highest BCUT2D eigenvalue weighted by Crippen LogP contribution is 2.32. The van der Waals surface area contributed by atoms with E-state index < -0.39 is 29.4 Å². The molecule has 2 aromatic heterocycles. The van der Waals surface area contributed by atoms with Crippen molar-refractivity contribution in [3.63, 3.8) is 0 Å². The number of thiazole rings is 1. The van der Waals surface area contributed by atoms with Crippen LogP contribution in [0.3, 0.4) is 0 Å². The first-order chi connectivity index (χ1) is 16.7. The smallest absolute Gasteiger partial charge is 0.347 e. The van der Waals surface area contributed by atoms with Crippen LogP contribution >= 0.6 is 11.3 Å². The van der Waals surface area contributed by atoms with Crippen LogP contribution in [0.2, 0.25) is 0 Å². The Kier molecular flexibility index (Phi) is 6.70. The van der Waals surface area contributed by atoms with E-state index in [1.807, 2.05) is 6.92 Å². The fourth-order valence-corrected chi connectivity index (χ4v) is 4.19. The van der Waals surface area contributed by atoms with E-state index in [1.54, 1.807) is 11.6 Å². The number of nitrogens with one attached hydrogen (secondary N) is 1. The molecule has 0 aliphatic carbocycles. The minimum absolute atomic E-state index is 0.0361. The predicted molar refractivity (Wildman–Crippen MR) is 121 cm³/mol. The number of aromatic nitrogens is 2. The summed E-state index contributed by atoms with van der Waals surface area (Å²) in [6.45, 7) is 1.85. The second kappa shape index (κ2) is 9.71. The van der Waals surface area contributed by atoms with Crippen molar-refractivity contribution in [2.45, 2.75) is 32.2 Å². The number of hydrogen-bond donors (Lipinski definition) is 1. The number of hydrogen-bond acceptors (Lipinski definition) is 7. The number of nitrogens with zero attached hydrogens (tertiary/aromatic N) is 5. The minimum Gasteiger partial charge on any atom is -0.347 e. The number of rotatable bonds is 6. The highest BCUT2D eigenvalue weighted by molar-refractivity contribution is 7.11. The highest BCUT2D eigenvalue weighted by atomic mass is 32.1. The van der Waals surface area contributed by atoms with Crippen LogP contribution in [0.25, 0.3) is 0 Å². The van der Waals surface area contributed by atoms with E-state index in [-0.39, 0.29) is 29.3 Å². The van der Waals surface area contributed by atoms with Gasteiger partial charge in [-0.15, -0.1) is 11.3 Å². The van der Waals surface area contributed by atoms with Crippen molar-refractivity contribution in [3.8, 4) is 6.07 Å². The maximum atomic E-state index is 14.7. The summed E-state index contributed by atoms with van der Waals surface area (Å²) in [4.78, 5) is 28.9. The molecule has 35 heavy (non-hydrogen) atoms. The molecule has 1 aromatic carbocycles. The Balaban J connectivity index is 1.49. The molecule has 1 atom stereocenters. The van der Waals surface area contributed by atoms with Crippen molar-refractivity contribution in [1.29, 1.82) is 5.26 Å². The van der Waals surface area contributed by atoms with Gasteiger partial charge in [0.25, 0.3) is 5.91 Å². The van der Waals surface area contributed by atoms with Gasteiger partial charge in [0, 0.05) is 29.4 Å². The van der Waals surface area contributed by atoms with Gasteiger partial charge >= 0.3 is 6.18 Å². The van der Waals surface area contributed by atoms with Crippen LogP contribution in [0.15, 0.2) is 46.0 Å². The third-order valence-corrected chi connectivity index (χ3v) is 6.06. The van der Waals surface area contributed by atoms with Crippen LogP contribution in [-0.4, -0.2) is 27.8 Å². The first kappa shape index (κ1) is 24.2. The number of halogens is 4. The van der Waals surface area contributed by atoms with E-state index in [9.17, 15) is 22.4 Å². The van der Waals surface area contributed by atoms with Crippen molar-refractivity contribution in [2.24, 2.45) is 9.98 Å². The molecule has 3 aromatic rings. The van der Waals surface area contributed by atoms with E-state index in [4.69, 9.17) is 5.26 Å². The number of nitriles is 1. The van der Waals surface area contributed by atoms with E-state index in [1.165, 1.54) is 35.8 Å². The maximum Gasteiger partial charge on any atom is 0.419 e. The number of amides is 1. The third kappa shape index (κ3) is 5.09. The molecule has 1 aliphatic heterocycles. The molecular formula is C23H16F4N6OS. The molecule has 0 spiro atoms. The molecular weight excluding hydrogens is 484 g/mol. The van der Waals surface area contributed by atoms with Crippen LogP contribution in [0, 0.1) is 17.1 Å². The summed E-state index contributed by atoms with van der Waals surface area (Å²) in [6.07, 6.45) is -2.61. The van der Waals surface area contributed by atoms with Gasteiger partial charge in [0.15, 0.2) is 11.9 Å². The number of alkyl halides is 3. The Hall–Kier alpha value is -3.98. The van der Waals surface area contributed by atoms with Crippen molar-refractivity contribution in [2.75, 3.05) is 0 Å². The molecule has 0 saturated heterocycles. The number of aryl methyl sites for hydroxylation is 1. The van der Waals surface area contributed by atoms with E-state index in [0.717, 1.165) is 12.3 Å². The Morgan fingerprint density at radius 3 is 2.74 bits per heavy atom. The normalized spacial score (nSPS) is 15.1. The molecule has 0 fully saturated rings. The predicted octanol–water partition coefficient (Wildman–Crippen LogP) is 4.63. The summed E-state index contributed by atoms with van der Waals surface area (Å²) < 4.78 is 54.4. The van der Waals surface area contributed by atoms with Gasteiger partial charge in [0.2, 0.25) is 0 Å². The summed E-state index contributed by atoms with van der Waals surface area (Å²) in [5.74, 6) is -0.919. The Labute approximate surface area is 200 Å². The van der Waals surface area contributed by atoms with Crippen molar-refractivity contribution >= 4 is 29.2 Å². The number of carbonyl (C=O) groups is 1. The van der Waals surface area contributed by atoms with Crippen LogP contribution in [0.4, 0.5) is 17.6 Å². The second-order valence-corrected chi connectivity index (χ2v) is 8.27. The molecule has 1 unspecified atom stereocenters. The minimum atomic E-state index is -4.75. The zero-order valence-corrected chi connectivity index (χ0v) is 18.9. The standard InChI is InChI=1S/C23H16F4N6OS/c1-2-17-20(35-11-32-17)22(34)31-8-13-4-3-12(6-16(13)24)21-30-10-19(33-21)14-5-15(23(25,26)27)18(7-28)29-9-14/h3-6,9-11,21H,2,8H2,1H3,(H,31,34). The van der Waals surface area contributed by atoms with Gasteiger partial charge in [0.1, 0.15) is 16.8 Å². The summed E-state index contributed by atoms with van der Waals surface area (Å²) >= 11 is 1.21. The van der Waals surface area contributed by atoms with Gasteiger partial charge in [-0.05, 0) is 18.6 Å². The number of benzene rings is 1. The topological polar surface area (TPSA) is 103 Å². The maximum absolute atomic E-state index is 14.7. The molecule has 12 heteroatoms. The average Bonchev–Trinajstić information content (AvgIpc) is 3.52. The SMILES string of the molecule is CCc1ncsc1C(=O)NCc1ccc(C2N=CC(c3cnc(C#N)c(C(F)(F)F)c3)=N2)cc1F. The zero-order chi connectivity index (χ0) is 25.2. The summed E-state index contributed by atoms with van der Waals surface area (Å²) in [5.41, 5.74) is 1.16. The first-order valence-corrected chi connectivity index (χ1v) is 11.2. The van der Waals surface area contributed by atoms with Gasteiger partial charge < -0.3 is 5.32 Å². The van der Waals surface area contributed by atoms with Gasteiger partial charge in [-0.25, -0.2) is 14.4 Å². The summed E-state index contributed by atoms with van der Waals surface area (Å²) in [6, 6.07) is 6.51. The Bertz CT molecular complexity index is 1390. The highest BCUT2D eigenvalue weighted by Gasteiger charge is 2.35. The van der Waals surface area contributed by atoms with E-state index in [0.29, 0.717) is 22.6 Å². The fourth-order valence-electron chi connectivity index (χ4n) is 3.39. The van der Waals surface area contributed by atoms with E-state index in [2.05, 4.69) is 25.3 Å². The monoisotopic (exact) mass is 500 g/mol. The van der Waals surface area contributed by atoms with Crippen molar-refractivity contribution < 1.29 is 22.4 Å². The number of carbonyl (C=O) groups excluding carboxylic acids is 1. The van der Waals surface area contributed by atoms with Gasteiger partial charge in [-0.2, -0.15) is 18.4 Å². The lowest BCUT2D eigenvalue weighted by molar-refractivity contribution is -0.138. The van der Waals surface area contributed by atoms with Gasteiger partial charge in [-0.3, -0.25) is 14.8 Å². The fraction of sp³-hybridized carbons (Fsp3) is 0.217. The molecule has 178 valence electrons. The Morgan fingerprint density at radius 1 is 1.26 bits per heavy atom. The van der Waals surface area contributed by atoms with Crippen molar-refractivity contribution in [1.82, 2.24) is 15.3 Å². The molecule has 3 heterocycles. The lowest BCUT2D eigenvalue weighted by Crippen LogP contribution is -2.23. The zero-order valence-electron chi connectivity index (χ0n) is 18.1. The van der Waals surface area contributed by atoms with Crippen LogP contribution in [0.1, 0.15) is 56.4 Å². The quantitative estimate of drug-likeness (QED) is 0.499. The van der Waals surface area contributed by atoms with E-state index >= 15 is 0 Å². The molecule has 4 rings (SSSR count). The molecule has 0 radical (unpaired) electrons. The molecule has 7 nitrogen and oxygen atoms in total. The van der Waals surface area contributed by atoms with Gasteiger partial charge in [0.05, 0.1) is 28.7 Å². The second-order valence-electron chi connectivity index (χ2n) is 7.41. The Morgan fingerprint density at radius 2 is 2.06 bits per heavy atom. The molecule has 0 saturated carbocycles.